The molecule has 2 heterocycles. The van der Waals surface area contributed by atoms with Crippen LogP contribution in [0.4, 0.5) is 0 Å². The lowest BCUT2D eigenvalue weighted by molar-refractivity contribution is 0.0752. The summed E-state index contributed by atoms with van der Waals surface area (Å²) in [4.78, 5) is 16.1. The zero-order chi connectivity index (χ0) is 14.7. The summed E-state index contributed by atoms with van der Waals surface area (Å²) < 4.78 is 0. The Bertz CT molecular complexity index is 622. The molecule has 0 saturated heterocycles. The van der Waals surface area contributed by atoms with Crippen molar-refractivity contribution in [2.24, 2.45) is 0 Å². The minimum atomic E-state index is 0.157. The van der Waals surface area contributed by atoms with Gasteiger partial charge in [0.2, 0.25) is 0 Å². The Morgan fingerprint density at radius 3 is 3.00 bits per heavy atom. The number of hydrogen-bond acceptors (Lipinski definition) is 3. The van der Waals surface area contributed by atoms with Crippen molar-refractivity contribution in [2.45, 2.75) is 26.4 Å². The number of fused-ring (bicyclic) bond motifs is 1. The van der Waals surface area contributed by atoms with E-state index in [1.54, 1.807) is 11.3 Å². The molecule has 3 nitrogen and oxygen atoms in total. The highest BCUT2D eigenvalue weighted by Crippen LogP contribution is 2.21. The molecule has 1 aliphatic heterocycles. The molecule has 1 aromatic heterocycles. The Kier molecular flexibility index (Phi) is 4.36. The van der Waals surface area contributed by atoms with Crippen molar-refractivity contribution in [1.82, 2.24) is 10.2 Å². The molecule has 1 aromatic carbocycles. The van der Waals surface area contributed by atoms with E-state index in [4.69, 9.17) is 0 Å². The number of benzene rings is 1. The normalized spacial score (nSPS) is 13.8. The largest absolute Gasteiger partial charge is 0.334 e. The van der Waals surface area contributed by atoms with Gasteiger partial charge in [-0.3, -0.25) is 4.79 Å². The molecule has 0 saturated carbocycles. The maximum Gasteiger partial charge on any atom is 0.254 e. The van der Waals surface area contributed by atoms with Crippen LogP contribution in [0.5, 0.6) is 0 Å². The third kappa shape index (κ3) is 3.01. The van der Waals surface area contributed by atoms with Crippen molar-refractivity contribution >= 4 is 17.2 Å². The molecule has 0 fully saturated rings. The summed E-state index contributed by atoms with van der Waals surface area (Å²) >= 11 is 1.70. The second kappa shape index (κ2) is 6.41. The molecule has 1 N–H and O–H groups in total. The van der Waals surface area contributed by atoms with Gasteiger partial charge < -0.3 is 10.2 Å². The third-order valence-electron chi connectivity index (χ3n) is 3.97. The quantitative estimate of drug-likeness (QED) is 0.941. The van der Waals surface area contributed by atoms with Gasteiger partial charge in [0.15, 0.2) is 0 Å². The first-order chi connectivity index (χ1) is 10.3. The van der Waals surface area contributed by atoms with Crippen molar-refractivity contribution in [1.29, 1.82) is 0 Å². The molecule has 2 aromatic rings. The van der Waals surface area contributed by atoms with E-state index >= 15 is 0 Å². The summed E-state index contributed by atoms with van der Waals surface area (Å²) in [6, 6.07) is 10.2. The van der Waals surface area contributed by atoms with Crippen LogP contribution in [-0.2, 0) is 19.5 Å². The number of nitrogens with one attached hydrogen (secondary N) is 1. The van der Waals surface area contributed by atoms with Crippen molar-refractivity contribution in [3.05, 3.63) is 57.3 Å². The zero-order valence-corrected chi connectivity index (χ0v) is 13.1. The summed E-state index contributed by atoms with van der Waals surface area (Å²) in [5.74, 6) is 0.157. The number of thiophene rings is 1. The Labute approximate surface area is 129 Å². The third-order valence-corrected chi connectivity index (χ3v) is 4.83. The van der Waals surface area contributed by atoms with Crippen LogP contribution in [0.15, 0.2) is 35.7 Å². The van der Waals surface area contributed by atoms with E-state index in [0.717, 1.165) is 31.6 Å². The van der Waals surface area contributed by atoms with Gasteiger partial charge in [-0.2, -0.15) is 0 Å². The maximum atomic E-state index is 12.9. The number of carbonyl (C=O) groups is 1. The van der Waals surface area contributed by atoms with Gasteiger partial charge in [-0.15, -0.1) is 11.3 Å². The molecule has 21 heavy (non-hydrogen) atoms. The topological polar surface area (TPSA) is 32.3 Å². The van der Waals surface area contributed by atoms with Gasteiger partial charge in [-0.1, -0.05) is 18.2 Å². The lowest BCUT2D eigenvalue weighted by atomic mass is 9.95. The predicted molar refractivity (Wildman–Crippen MR) is 86.6 cm³/mol. The molecule has 110 valence electrons. The van der Waals surface area contributed by atoms with Crippen LogP contribution in [-0.4, -0.2) is 23.9 Å². The van der Waals surface area contributed by atoms with Crippen molar-refractivity contribution in [3.8, 4) is 0 Å². The Hall–Kier alpha value is -1.65. The van der Waals surface area contributed by atoms with E-state index in [1.165, 1.54) is 16.0 Å². The molecule has 0 atom stereocenters. The number of hydrogen-bond donors (Lipinski definition) is 1. The summed E-state index contributed by atoms with van der Waals surface area (Å²) in [6.07, 6.45) is 0.938. The lowest BCUT2D eigenvalue weighted by Crippen LogP contribution is -2.33. The van der Waals surface area contributed by atoms with Gasteiger partial charge in [0.1, 0.15) is 0 Å². The van der Waals surface area contributed by atoms with Crippen molar-refractivity contribution in [3.63, 3.8) is 0 Å². The van der Waals surface area contributed by atoms with E-state index in [-0.39, 0.29) is 5.91 Å². The summed E-state index contributed by atoms with van der Waals surface area (Å²) in [5.41, 5.74) is 3.37. The molecular formula is C17H20N2OS. The van der Waals surface area contributed by atoms with Crippen LogP contribution in [0.3, 0.4) is 0 Å². The highest BCUT2D eigenvalue weighted by atomic mass is 32.1. The predicted octanol–water partition coefficient (Wildman–Crippen LogP) is 3.06. The number of nitrogens with zero attached hydrogens (tertiary/aromatic N) is 1. The first kappa shape index (κ1) is 14.3. The Morgan fingerprint density at radius 2 is 2.24 bits per heavy atom. The second-order valence-electron chi connectivity index (χ2n) is 5.27. The van der Waals surface area contributed by atoms with E-state index in [2.05, 4.69) is 22.8 Å². The fourth-order valence-corrected chi connectivity index (χ4v) is 3.54. The molecule has 0 bridgehead atoms. The Morgan fingerprint density at radius 1 is 1.33 bits per heavy atom. The number of rotatable bonds is 4. The first-order valence-electron chi connectivity index (χ1n) is 7.42. The van der Waals surface area contributed by atoms with Gasteiger partial charge >= 0.3 is 0 Å². The minimum absolute atomic E-state index is 0.157. The van der Waals surface area contributed by atoms with Crippen LogP contribution in [0.1, 0.15) is 33.3 Å². The van der Waals surface area contributed by atoms with E-state index in [9.17, 15) is 4.79 Å². The lowest BCUT2D eigenvalue weighted by Gasteiger charge is -2.25. The van der Waals surface area contributed by atoms with E-state index < -0.39 is 0 Å². The molecular weight excluding hydrogens is 280 g/mol. The fourth-order valence-electron chi connectivity index (χ4n) is 2.82. The van der Waals surface area contributed by atoms with Crippen LogP contribution in [0.2, 0.25) is 0 Å². The first-order valence-corrected chi connectivity index (χ1v) is 8.30. The molecule has 0 aliphatic carbocycles. The molecule has 1 amide bonds. The van der Waals surface area contributed by atoms with Crippen LogP contribution in [0.25, 0.3) is 0 Å². The second-order valence-corrected chi connectivity index (χ2v) is 6.30. The molecule has 0 unspecified atom stereocenters. The smallest absolute Gasteiger partial charge is 0.254 e. The van der Waals surface area contributed by atoms with Crippen molar-refractivity contribution in [2.75, 3.05) is 13.1 Å². The van der Waals surface area contributed by atoms with Crippen LogP contribution in [0, 0.1) is 0 Å². The monoisotopic (exact) mass is 300 g/mol. The average Bonchev–Trinajstić information content (AvgIpc) is 3.04. The average molecular weight is 300 g/mol. The van der Waals surface area contributed by atoms with E-state index in [1.807, 2.05) is 30.0 Å². The van der Waals surface area contributed by atoms with Gasteiger partial charge in [-0.25, -0.2) is 0 Å². The molecule has 3 rings (SSSR count). The van der Waals surface area contributed by atoms with Gasteiger partial charge in [0, 0.05) is 23.5 Å². The zero-order valence-electron chi connectivity index (χ0n) is 12.3. The highest BCUT2D eigenvalue weighted by Gasteiger charge is 2.21. The van der Waals surface area contributed by atoms with E-state index in [0.29, 0.717) is 6.54 Å². The van der Waals surface area contributed by atoms with Crippen LogP contribution < -0.4 is 5.32 Å². The summed E-state index contributed by atoms with van der Waals surface area (Å²) in [7, 11) is 0. The minimum Gasteiger partial charge on any atom is -0.334 e. The standard InChI is InChI=1S/C17H20N2OS/c1-2-19(12-14-6-4-10-21-14)17(20)16-7-3-5-13-11-18-9-8-15(13)16/h3-7,10,18H,2,8-9,11-12H2,1H3. The van der Waals surface area contributed by atoms with Gasteiger partial charge in [0.25, 0.3) is 5.91 Å². The van der Waals surface area contributed by atoms with Gasteiger partial charge in [-0.05, 0) is 48.5 Å². The van der Waals surface area contributed by atoms with Gasteiger partial charge in [0.05, 0.1) is 6.54 Å². The van der Waals surface area contributed by atoms with Crippen LogP contribution >= 0.6 is 11.3 Å². The molecule has 0 spiro atoms. The highest BCUT2D eigenvalue weighted by molar-refractivity contribution is 7.09. The molecule has 0 radical (unpaired) electrons. The van der Waals surface area contributed by atoms with Crippen molar-refractivity contribution < 1.29 is 4.79 Å². The Balaban J connectivity index is 1.86. The summed E-state index contributed by atoms with van der Waals surface area (Å²) in [5, 5.41) is 5.42. The summed E-state index contributed by atoms with van der Waals surface area (Å²) in [6.45, 7) is 5.30. The number of amides is 1. The SMILES string of the molecule is CCN(Cc1cccs1)C(=O)c1cccc2c1CCNC2. The fraction of sp³-hybridized carbons (Fsp3) is 0.353. The number of carbonyl (C=O) groups excluding carboxylic acids is 1. The molecule has 4 heteroatoms. The maximum absolute atomic E-state index is 12.9. The molecule has 1 aliphatic rings.